The Labute approximate surface area is 199 Å². The quantitative estimate of drug-likeness (QED) is 0.482. The number of aliphatic hydroxyl groups excluding tert-OH is 1. The van der Waals surface area contributed by atoms with Crippen molar-refractivity contribution in [3.8, 4) is 11.5 Å². The Morgan fingerprint density at radius 1 is 1.00 bits per heavy atom. The summed E-state index contributed by atoms with van der Waals surface area (Å²) in [6.45, 7) is -0.325. The number of methoxy groups -OCH3 is 2. The van der Waals surface area contributed by atoms with Gasteiger partial charge in [-0.1, -0.05) is 0 Å². The van der Waals surface area contributed by atoms with E-state index in [2.05, 4.69) is 0 Å². The number of ether oxygens (including phenoxy) is 3. The molecule has 1 saturated heterocycles. The predicted molar refractivity (Wildman–Crippen MR) is 122 cm³/mol. The van der Waals surface area contributed by atoms with Crippen LogP contribution in [-0.2, 0) is 14.3 Å². The largest absolute Gasteiger partial charge is 0.497 e. The summed E-state index contributed by atoms with van der Waals surface area (Å²) in [4.78, 5) is 41.0. The second kappa shape index (κ2) is 8.87. The first-order chi connectivity index (χ1) is 16.3. The number of Topliss-reactive ketones (excluding diaryl/α,β-unsaturated/α-hetero) is 1. The van der Waals surface area contributed by atoms with E-state index in [-0.39, 0.29) is 24.4 Å². The van der Waals surface area contributed by atoms with Crippen molar-refractivity contribution in [2.75, 3.05) is 27.4 Å². The lowest BCUT2D eigenvalue weighted by Gasteiger charge is -2.56. The van der Waals surface area contributed by atoms with Gasteiger partial charge in [0.15, 0.2) is 6.61 Å². The van der Waals surface area contributed by atoms with Crippen LogP contribution in [0.1, 0.15) is 55.3 Å². The minimum atomic E-state index is -0.860. The molecular weight excluding hydrogens is 438 g/mol. The zero-order chi connectivity index (χ0) is 24.0. The third-order valence-electron chi connectivity index (χ3n) is 8.36. The molecule has 5 aliphatic rings. The van der Waals surface area contributed by atoms with E-state index in [4.69, 9.17) is 14.2 Å². The molecule has 2 atom stereocenters. The number of hydrogen-bond donors (Lipinski definition) is 1. The van der Waals surface area contributed by atoms with Gasteiger partial charge < -0.3 is 24.2 Å². The standard InChI is InChI=1S/C26H33NO7/c1-32-19-3-4-20(23(9-19)33-2)22(29)14-34-24(30)21-8-18(28)13-27(21)25(31)26-10-15-5-16(11-26)7-17(6-15)12-26/h3-4,9,15-18,21,28H,5-8,10-14H2,1-2H3/t15?,16?,17?,18?,21-,26?/m0/s1. The topological polar surface area (TPSA) is 102 Å². The summed E-state index contributed by atoms with van der Waals surface area (Å²) in [6, 6.07) is 3.93. The van der Waals surface area contributed by atoms with Crippen molar-refractivity contribution in [3.05, 3.63) is 23.8 Å². The van der Waals surface area contributed by atoms with E-state index in [9.17, 15) is 19.5 Å². The number of ketones is 1. The van der Waals surface area contributed by atoms with E-state index in [0.29, 0.717) is 29.3 Å². The van der Waals surface area contributed by atoms with Crippen LogP contribution in [0.5, 0.6) is 11.5 Å². The van der Waals surface area contributed by atoms with Crippen molar-refractivity contribution in [1.29, 1.82) is 0 Å². The van der Waals surface area contributed by atoms with Gasteiger partial charge in [-0.05, 0) is 68.4 Å². The first kappa shape index (κ1) is 23.1. The van der Waals surface area contributed by atoms with Gasteiger partial charge in [-0.2, -0.15) is 0 Å². The molecule has 184 valence electrons. The van der Waals surface area contributed by atoms with Gasteiger partial charge >= 0.3 is 5.97 Å². The molecule has 6 rings (SSSR count). The molecule has 4 bridgehead atoms. The number of β-amino-alcohol motifs (C(OH)–C–C–N with tert-alkyl or cyclic N) is 1. The number of nitrogens with zero attached hydrogens (tertiary/aromatic N) is 1. The zero-order valence-corrected chi connectivity index (χ0v) is 19.8. The van der Waals surface area contributed by atoms with Gasteiger partial charge in [0.05, 0.1) is 31.3 Å². The van der Waals surface area contributed by atoms with Crippen LogP contribution >= 0.6 is 0 Å². The molecule has 5 fully saturated rings. The summed E-state index contributed by atoms with van der Waals surface area (Å²) in [7, 11) is 2.97. The highest BCUT2D eigenvalue weighted by molar-refractivity contribution is 6.01. The van der Waals surface area contributed by atoms with Crippen molar-refractivity contribution >= 4 is 17.7 Å². The first-order valence-corrected chi connectivity index (χ1v) is 12.2. The van der Waals surface area contributed by atoms with E-state index in [1.807, 2.05) is 0 Å². The molecule has 4 aliphatic carbocycles. The molecule has 1 aromatic rings. The van der Waals surface area contributed by atoms with E-state index in [1.54, 1.807) is 23.1 Å². The Bertz CT molecular complexity index is 954. The summed E-state index contributed by atoms with van der Waals surface area (Å²) in [6.07, 6.45) is 5.70. The third kappa shape index (κ3) is 4.06. The van der Waals surface area contributed by atoms with Gasteiger partial charge in [0.25, 0.3) is 0 Å². The number of hydrogen-bond acceptors (Lipinski definition) is 7. The van der Waals surface area contributed by atoms with Crippen LogP contribution in [0, 0.1) is 23.2 Å². The summed E-state index contributed by atoms with van der Waals surface area (Å²) in [5, 5.41) is 10.3. The van der Waals surface area contributed by atoms with Crippen LogP contribution in [0.3, 0.4) is 0 Å². The fraction of sp³-hybridized carbons (Fsp3) is 0.654. The molecule has 0 radical (unpaired) electrons. The molecule has 1 heterocycles. The summed E-state index contributed by atoms with van der Waals surface area (Å²) in [5.41, 5.74) is -0.118. The molecule has 1 amide bonds. The average Bonchev–Trinajstić information content (AvgIpc) is 3.22. The van der Waals surface area contributed by atoms with Crippen molar-refractivity contribution in [2.24, 2.45) is 23.2 Å². The van der Waals surface area contributed by atoms with Crippen LogP contribution < -0.4 is 9.47 Å². The van der Waals surface area contributed by atoms with Crippen molar-refractivity contribution in [2.45, 2.75) is 57.1 Å². The van der Waals surface area contributed by atoms with Gasteiger partial charge in [-0.3, -0.25) is 9.59 Å². The van der Waals surface area contributed by atoms with E-state index < -0.39 is 35.9 Å². The number of benzene rings is 1. The number of esters is 1. The van der Waals surface area contributed by atoms with Gasteiger partial charge in [0.1, 0.15) is 17.5 Å². The maximum absolute atomic E-state index is 13.8. The Morgan fingerprint density at radius 2 is 1.65 bits per heavy atom. The maximum Gasteiger partial charge on any atom is 0.329 e. The van der Waals surface area contributed by atoms with Crippen molar-refractivity contribution < 1.29 is 33.7 Å². The number of aliphatic hydroxyl groups is 1. The number of carbonyl (C=O) groups is 3. The highest BCUT2D eigenvalue weighted by atomic mass is 16.5. The molecular formula is C26H33NO7. The monoisotopic (exact) mass is 471 g/mol. The number of amides is 1. The molecule has 8 nitrogen and oxygen atoms in total. The van der Waals surface area contributed by atoms with Gasteiger partial charge in [0, 0.05) is 19.0 Å². The van der Waals surface area contributed by atoms with Crippen LogP contribution in [0.4, 0.5) is 0 Å². The number of likely N-dealkylation sites (tertiary alicyclic amines) is 1. The summed E-state index contributed by atoms with van der Waals surface area (Å²) < 4.78 is 15.8. The highest BCUT2D eigenvalue weighted by Gasteiger charge is 2.57. The van der Waals surface area contributed by atoms with E-state index >= 15 is 0 Å². The van der Waals surface area contributed by atoms with E-state index in [0.717, 1.165) is 19.3 Å². The molecule has 1 unspecified atom stereocenters. The van der Waals surface area contributed by atoms with Gasteiger partial charge in [-0.25, -0.2) is 4.79 Å². The van der Waals surface area contributed by atoms with Gasteiger partial charge in [0.2, 0.25) is 11.7 Å². The maximum atomic E-state index is 13.8. The lowest BCUT2D eigenvalue weighted by atomic mass is 9.49. The fourth-order valence-corrected chi connectivity index (χ4v) is 7.28. The Hall–Kier alpha value is -2.61. The molecule has 8 heteroatoms. The minimum Gasteiger partial charge on any atom is -0.497 e. The van der Waals surface area contributed by atoms with Crippen LogP contribution in [-0.4, -0.2) is 67.2 Å². The Balaban J connectivity index is 1.26. The molecule has 0 spiro atoms. The second-order valence-corrected chi connectivity index (χ2v) is 10.7. The Morgan fingerprint density at radius 3 is 2.24 bits per heavy atom. The Kier molecular flexibility index (Phi) is 6.04. The predicted octanol–water partition coefficient (Wildman–Crippen LogP) is 2.61. The minimum absolute atomic E-state index is 0.00625. The molecule has 0 aromatic heterocycles. The van der Waals surface area contributed by atoms with Crippen molar-refractivity contribution in [3.63, 3.8) is 0 Å². The summed E-state index contributed by atoms with van der Waals surface area (Å²) in [5.74, 6) is 1.62. The fourth-order valence-electron chi connectivity index (χ4n) is 7.28. The summed E-state index contributed by atoms with van der Waals surface area (Å²) >= 11 is 0. The van der Waals surface area contributed by atoms with Crippen LogP contribution in [0.2, 0.25) is 0 Å². The highest BCUT2D eigenvalue weighted by Crippen LogP contribution is 2.60. The van der Waals surface area contributed by atoms with Crippen molar-refractivity contribution in [1.82, 2.24) is 4.90 Å². The lowest BCUT2D eigenvalue weighted by molar-refractivity contribution is -0.165. The van der Waals surface area contributed by atoms with Gasteiger partial charge in [-0.15, -0.1) is 0 Å². The second-order valence-electron chi connectivity index (χ2n) is 10.7. The first-order valence-electron chi connectivity index (χ1n) is 12.2. The molecule has 1 aromatic carbocycles. The molecule has 4 saturated carbocycles. The lowest BCUT2D eigenvalue weighted by Crippen LogP contribution is -2.56. The number of carbonyl (C=O) groups excluding carboxylic acids is 3. The molecule has 34 heavy (non-hydrogen) atoms. The normalized spacial score (nSPS) is 33.6. The number of rotatable bonds is 7. The van der Waals surface area contributed by atoms with E-state index in [1.165, 1.54) is 33.5 Å². The van der Waals surface area contributed by atoms with Crippen LogP contribution in [0.25, 0.3) is 0 Å². The molecule has 1 aliphatic heterocycles. The smallest absolute Gasteiger partial charge is 0.329 e. The average molecular weight is 472 g/mol. The molecule has 1 N–H and O–H groups in total. The third-order valence-corrected chi connectivity index (χ3v) is 8.36. The SMILES string of the molecule is COc1ccc(C(=O)COC(=O)[C@@H]2CC(O)CN2C(=O)C23CC4CC(CC(C4)C2)C3)c(OC)c1. The zero-order valence-electron chi connectivity index (χ0n) is 19.8. The van der Waals surface area contributed by atoms with Crippen LogP contribution in [0.15, 0.2) is 18.2 Å².